The van der Waals surface area contributed by atoms with Gasteiger partial charge in [0.1, 0.15) is 5.69 Å². The second kappa shape index (κ2) is 7.55. The molecule has 1 aromatic heterocycles. The normalized spacial score (nSPS) is 10.6. The van der Waals surface area contributed by atoms with E-state index in [1.54, 1.807) is 13.8 Å². The van der Waals surface area contributed by atoms with Crippen LogP contribution in [0.4, 0.5) is 5.69 Å². The van der Waals surface area contributed by atoms with Crippen molar-refractivity contribution in [2.45, 2.75) is 48.1 Å². The summed E-state index contributed by atoms with van der Waals surface area (Å²) < 4.78 is 6.99. The molecule has 0 spiro atoms. The van der Waals surface area contributed by atoms with E-state index < -0.39 is 5.97 Å². The standard InChI is InChI=1S/C20H26N2O3/c1-7-22-15(6)17(14(5)18(22)20(24)25-8-2)19(23)21-16-10-12(3)9-13(4)11-16/h9-11H,7-8H2,1-6H3,(H,21,23). The number of aromatic nitrogens is 1. The lowest BCUT2D eigenvalue weighted by molar-refractivity contribution is 0.0512. The Balaban J connectivity index is 2.44. The van der Waals surface area contributed by atoms with E-state index in [1.807, 2.05) is 44.4 Å². The van der Waals surface area contributed by atoms with Crippen molar-refractivity contribution in [3.05, 3.63) is 51.8 Å². The van der Waals surface area contributed by atoms with Crippen molar-refractivity contribution in [1.82, 2.24) is 4.57 Å². The molecule has 0 saturated heterocycles. The van der Waals surface area contributed by atoms with E-state index >= 15 is 0 Å². The summed E-state index contributed by atoms with van der Waals surface area (Å²) in [5.41, 5.74) is 5.33. The van der Waals surface area contributed by atoms with Crippen LogP contribution in [0.1, 0.15) is 57.1 Å². The molecule has 2 aromatic rings. The van der Waals surface area contributed by atoms with Crippen LogP contribution in [-0.2, 0) is 11.3 Å². The van der Waals surface area contributed by atoms with Crippen LogP contribution in [0.3, 0.4) is 0 Å². The SMILES string of the molecule is CCOC(=O)c1c(C)c(C(=O)Nc2cc(C)cc(C)c2)c(C)n1CC. The molecule has 0 aliphatic rings. The van der Waals surface area contributed by atoms with E-state index in [9.17, 15) is 9.59 Å². The predicted octanol–water partition coefficient (Wildman–Crippen LogP) is 4.17. The summed E-state index contributed by atoms with van der Waals surface area (Å²) in [5.74, 6) is -0.604. The van der Waals surface area contributed by atoms with Gasteiger partial charge in [0.05, 0.1) is 12.2 Å². The molecule has 0 radical (unpaired) electrons. The lowest BCUT2D eigenvalue weighted by Crippen LogP contribution is -2.14. The van der Waals surface area contributed by atoms with Crippen molar-refractivity contribution in [2.75, 3.05) is 11.9 Å². The van der Waals surface area contributed by atoms with E-state index in [4.69, 9.17) is 4.74 Å². The number of hydrogen-bond donors (Lipinski definition) is 1. The molecule has 1 aromatic carbocycles. The van der Waals surface area contributed by atoms with E-state index in [0.717, 1.165) is 22.5 Å². The van der Waals surface area contributed by atoms with Crippen LogP contribution in [0.25, 0.3) is 0 Å². The fourth-order valence-electron chi connectivity index (χ4n) is 3.33. The predicted molar refractivity (Wildman–Crippen MR) is 99.4 cm³/mol. The molecule has 1 amide bonds. The Labute approximate surface area is 149 Å². The average molecular weight is 342 g/mol. The summed E-state index contributed by atoms with van der Waals surface area (Å²) in [6.07, 6.45) is 0. The second-order valence-electron chi connectivity index (χ2n) is 6.23. The molecule has 0 unspecified atom stereocenters. The zero-order chi connectivity index (χ0) is 18.7. The largest absolute Gasteiger partial charge is 0.461 e. The molecule has 0 atom stereocenters. The Kier molecular flexibility index (Phi) is 5.67. The molecular formula is C20H26N2O3. The number of anilines is 1. The number of esters is 1. The molecule has 0 aliphatic carbocycles. The maximum Gasteiger partial charge on any atom is 0.355 e. The van der Waals surface area contributed by atoms with Crippen LogP contribution >= 0.6 is 0 Å². The van der Waals surface area contributed by atoms with Gasteiger partial charge < -0.3 is 14.6 Å². The Morgan fingerprint density at radius 2 is 1.64 bits per heavy atom. The summed E-state index contributed by atoms with van der Waals surface area (Å²) in [4.78, 5) is 25.2. The minimum absolute atomic E-state index is 0.210. The number of rotatable bonds is 5. The first-order valence-corrected chi connectivity index (χ1v) is 8.56. The topological polar surface area (TPSA) is 60.3 Å². The van der Waals surface area contributed by atoms with Gasteiger partial charge in [-0.15, -0.1) is 0 Å². The summed E-state index contributed by atoms with van der Waals surface area (Å²) in [6, 6.07) is 5.91. The maximum atomic E-state index is 12.9. The molecule has 2 rings (SSSR count). The number of ether oxygens (including phenoxy) is 1. The van der Waals surface area contributed by atoms with Crippen LogP contribution in [0.15, 0.2) is 18.2 Å². The number of aryl methyl sites for hydroxylation is 2. The Morgan fingerprint density at radius 1 is 1.04 bits per heavy atom. The molecule has 0 bridgehead atoms. The van der Waals surface area contributed by atoms with Gasteiger partial charge in [0, 0.05) is 17.9 Å². The number of benzene rings is 1. The fourth-order valence-corrected chi connectivity index (χ4v) is 3.33. The van der Waals surface area contributed by atoms with Crippen LogP contribution in [0.5, 0.6) is 0 Å². The second-order valence-corrected chi connectivity index (χ2v) is 6.23. The van der Waals surface area contributed by atoms with Crippen molar-refractivity contribution >= 4 is 17.6 Å². The first-order chi connectivity index (χ1) is 11.8. The number of hydrogen-bond acceptors (Lipinski definition) is 3. The number of nitrogens with one attached hydrogen (secondary N) is 1. The van der Waals surface area contributed by atoms with Crippen molar-refractivity contribution < 1.29 is 14.3 Å². The molecule has 25 heavy (non-hydrogen) atoms. The Morgan fingerprint density at radius 3 is 2.16 bits per heavy atom. The van der Waals surface area contributed by atoms with Gasteiger partial charge in [-0.1, -0.05) is 6.07 Å². The molecule has 1 heterocycles. The molecule has 5 nitrogen and oxygen atoms in total. The third kappa shape index (κ3) is 3.76. The van der Waals surface area contributed by atoms with Crippen molar-refractivity contribution in [3.63, 3.8) is 0 Å². The average Bonchev–Trinajstić information content (AvgIpc) is 2.76. The van der Waals surface area contributed by atoms with Gasteiger partial charge in [0.15, 0.2) is 0 Å². The zero-order valence-electron chi connectivity index (χ0n) is 15.8. The highest BCUT2D eigenvalue weighted by atomic mass is 16.5. The molecule has 0 aliphatic heterocycles. The van der Waals surface area contributed by atoms with Crippen LogP contribution in [0, 0.1) is 27.7 Å². The zero-order valence-corrected chi connectivity index (χ0v) is 15.8. The quantitative estimate of drug-likeness (QED) is 0.830. The highest BCUT2D eigenvalue weighted by Crippen LogP contribution is 2.25. The highest BCUT2D eigenvalue weighted by Gasteiger charge is 2.26. The van der Waals surface area contributed by atoms with Gasteiger partial charge in [-0.3, -0.25) is 4.79 Å². The third-order valence-electron chi connectivity index (χ3n) is 4.26. The summed E-state index contributed by atoms with van der Waals surface area (Å²) >= 11 is 0. The third-order valence-corrected chi connectivity index (χ3v) is 4.26. The highest BCUT2D eigenvalue weighted by molar-refractivity contribution is 6.08. The van der Waals surface area contributed by atoms with E-state index in [1.165, 1.54) is 0 Å². The van der Waals surface area contributed by atoms with Crippen molar-refractivity contribution in [1.29, 1.82) is 0 Å². The van der Waals surface area contributed by atoms with E-state index in [-0.39, 0.29) is 5.91 Å². The number of carbonyl (C=O) groups is 2. The minimum atomic E-state index is -0.393. The molecule has 0 saturated carbocycles. The van der Waals surface area contributed by atoms with Crippen LogP contribution in [-0.4, -0.2) is 23.1 Å². The Hall–Kier alpha value is -2.56. The first-order valence-electron chi connectivity index (χ1n) is 8.56. The fraction of sp³-hybridized carbons (Fsp3) is 0.400. The molecule has 134 valence electrons. The monoisotopic (exact) mass is 342 g/mol. The summed E-state index contributed by atoms with van der Waals surface area (Å²) in [5, 5.41) is 2.95. The lowest BCUT2D eigenvalue weighted by Gasteiger charge is -2.09. The number of nitrogens with zero attached hydrogens (tertiary/aromatic N) is 1. The Bertz CT molecular complexity index is 799. The lowest BCUT2D eigenvalue weighted by atomic mass is 10.1. The smallest absolute Gasteiger partial charge is 0.355 e. The van der Waals surface area contributed by atoms with E-state index in [2.05, 4.69) is 11.4 Å². The molecule has 1 N–H and O–H groups in total. The van der Waals surface area contributed by atoms with Crippen LogP contribution in [0.2, 0.25) is 0 Å². The summed E-state index contributed by atoms with van der Waals surface area (Å²) in [6.45, 7) is 12.2. The summed E-state index contributed by atoms with van der Waals surface area (Å²) in [7, 11) is 0. The van der Waals surface area contributed by atoms with Crippen LogP contribution < -0.4 is 5.32 Å². The first kappa shape index (κ1) is 18.8. The van der Waals surface area contributed by atoms with Gasteiger partial charge in [-0.25, -0.2) is 4.79 Å². The van der Waals surface area contributed by atoms with Gasteiger partial charge in [0.25, 0.3) is 5.91 Å². The molecule has 5 heteroatoms. The number of amides is 1. The maximum absolute atomic E-state index is 12.9. The van der Waals surface area contributed by atoms with Gasteiger partial charge in [-0.2, -0.15) is 0 Å². The van der Waals surface area contributed by atoms with Gasteiger partial charge in [-0.05, 0) is 70.4 Å². The number of carbonyl (C=O) groups excluding carboxylic acids is 2. The minimum Gasteiger partial charge on any atom is -0.461 e. The molecular weight excluding hydrogens is 316 g/mol. The van der Waals surface area contributed by atoms with Crippen molar-refractivity contribution in [2.24, 2.45) is 0 Å². The molecule has 0 fully saturated rings. The van der Waals surface area contributed by atoms with Gasteiger partial charge in [0.2, 0.25) is 0 Å². The van der Waals surface area contributed by atoms with E-state index in [0.29, 0.717) is 30.0 Å². The van der Waals surface area contributed by atoms with Crippen molar-refractivity contribution in [3.8, 4) is 0 Å². The van der Waals surface area contributed by atoms with Gasteiger partial charge >= 0.3 is 5.97 Å².